The second-order valence-electron chi connectivity index (χ2n) is 8.87. The summed E-state index contributed by atoms with van der Waals surface area (Å²) >= 11 is 1.20. The van der Waals surface area contributed by atoms with E-state index in [2.05, 4.69) is 33.0 Å². The Morgan fingerprint density at radius 1 is 1.24 bits per heavy atom. The van der Waals surface area contributed by atoms with Crippen LogP contribution < -0.4 is 21.2 Å². The Hall–Kier alpha value is -2.19. The van der Waals surface area contributed by atoms with Gasteiger partial charge in [-0.15, -0.1) is 0 Å². The lowest BCUT2D eigenvalue weighted by Crippen LogP contribution is -2.45. The highest BCUT2D eigenvalue weighted by atomic mass is 32.1. The third-order valence-electron chi connectivity index (χ3n) is 6.80. The number of fused-ring (bicyclic) bond motifs is 2. The molecule has 1 atom stereocenters. The summed E-state index contributed by atoms with van der Waals surface area (Å²) in [5.74, 6) is 0.0106. The quantitative estimate of drug-likeness (QED) is 0.685. The van der Waals surface area contributed by atoms with Crippen LogP contribution in [0.1, 0.15) is 39.2 Å². The van der Waals surface area contributed by atoms with Crippen molar-refractivity contribution in [3.05, 3.63) is 38.5 Å². The average molecular weight is 417 g/mol. The first-order chi connectivity index (χ1) is 13.8. The summed E-state index contributed by atoms with van der Waals surface area (Å²) in [4.78, 5) is 27.9. The Morgan fingerprint density at radius 2 is 2.00 bits per heavy atom. The fourth-order valence-corrected chi connectivity index (χ4v) is 5.47. The highest BCUT2D eigenvalue weighted by Crippen LogP contribution is 2.41. The standard InChI is InChI=1S/C21H25FN4O2S/c1-21(2,23-3)11-6-7-25(10-11)16-9-15-13(8-14(16)22)18(27)17-19(28)24-29-20(17)26(15)12-4-5-12/h8-9,11-12,23H,4-7,10H2,1-3H3,(H,24,28)/t11-/m1/s1. The van der Waals surface area contributed by atoms with E-state index in [0.29, 0.717) is 21.8 Å². The second-order valence-corrected chi connectivity index (χ2v) is 9.66. The molecule has 1 aromatic carbocycles. The Bertz CT molecular complexity index is 1240. The first-order valence-corrected chi connectivity index (χ1v) is 11.0. The number of nitrogens with zero attached hydrogens (tertiary/aromatic N) is 2. The lowest BCUT2D eigenvalue weighted by Gasteiger charge is -2.31. The zero-order valence-electron chi connectivity index (χ0n) is 16.8. The van der Waals surface area contributed by atoms with E-state index in [9.17, 15) is 9.59 Å². The van der Waals surface area contributed by atoms with Crippen LogP contribution in [0, 0.1) is 11.7 Å². The normalized spacial score (nSPS) is 20.3. The molecule has 29 heavy (non-hydrogen) atoms. The van der Waals surface area contributed by atoms with Gasteiger partial charge in [0.2, 0.25) is 5.43 Å². The van der Waals surface area contributed by atoms with Crippen molar-refractivity contribution in [2.24, 2.45) is 5.92 Å². The van der Waals surface area contributed by atoms with Crippen LogP contribution in [0.3, 0.4) is 0 Å². The lowest BCUT2D eigenvalue weighted by atomic mass is 9.87. The van der Waals surface area contributed by atoms with Crippen molar-refractivity contribution in [3.8, 4) is 0 Å². The first-order valence-electron chi connectivity index (χ1n) is 10.1. The monoisotopic (exact) mass is 416 g/mol. The van der Waals surface area contributed by atoms with Gasteiger partial charge in [0.1, 0.15) is 16.0 Å². The van der Waals surface area contributed by atoms with Gasteiger partial charge in [-0.05, 0) is 69.7 Å². The molecule has 2 aromatic heterocycles. The highest BCUT2D eigenvalue weighted by Gasteiger charge is 2.35. The van der Waals surface area contributed by atoms with Gasteiger partial charge in [-0.3, -0.25) is 14.0 Å². The van der Waals surface area contributed by atoms with E-state index in [0.717, 1.165) is 37.9 Å². The molecule has 0 bridgehead atoms. The molecule has 1 saturated heterocycles. The fraction of sp³-hybridized carbons (Fsp3) is 0.524. The summed E-state index contributed by atoms with van der Waals surface area (Å²) in [5.41, 5.74) is 0.487. The topological polar surface area (TPSA) is 70.1 Å². The zero-order valence-corrected chi connectivity index (χ0v) is 17.7. The van der Waals surface area contributed by atoms with Crippen molar-refractivity contribution in [1.29, 1.82) is 0 Å². The Morgan fingerprint density at radius 3 is 2.69 bits per heavy atom. The minimum absolute atomic E-state index is 0.0261. The molecular weight excluding hydrogens is 391 g/mol. The van der Waals surface area contributed by atoms with E-state index >= 15 is 4.39 Å². The molecule has 0 spiro atoms. The first kappa shape index (κ1) is 18.8. The van der Waals surface area contributed by atoms with E-state index < -0.39 is 5.82 Å². The van der Waals surface area contributed by atoms with Gasteiger partial charge in [0.25, 0.3) is 5.56 Å². The summed E-state index contributed by atoms with van der Waals surface area (Å²) in [6.45, 7) is 5.90. The second kappa shape index (κ2) is 6.40. The molecule has 5 rings (SSSR count). The third-order valence-corrected chi connectivity index (χ3v) is 7.68. The molecule has 6 nitrogen and oxygen atoms in total. The summed E-state index contributed by atoms with van der Waals surface area (Å²) < 4.78 is 19.9. The van der Waals surface area contributed by atoms with Gasteiger partial charge in [0.05, 0.1) is 11.2 Å². The van der Waals surface area contributed by atoms with Gasteiger partial charge in [0.15, 0.2) is 0 Å². The number of pyridine rings is 1. The number of hydrogen-bond donors (Lipinski definition) is 2. The van der Waals surface area contributed by atoms with Crippen LogP contribution in [-0.2, 0) is 0 Å². The molecule has 8 heteroatoms. The molecule has 2 N–H and O–H groups in total. The number of benzene rings is 1. The predicted molar refractivity (Wildman–Crippen MR) is 116 cm³/mol. The van der Waals surface area contributed by atoms with Crippen molar-refractivity contribution in [3.63, 3.8) is 0 Å². The average Bonchev–Trinajstić information content (AvgIpc) is 3.26. The number of aromatic nitrogens is 2. The maximum absolute atomic E-state index is 15.1. The van der Waals surface area contributed by atoms with E-state index in [1.54, 1.807) is 0 Å². The summed E-state index contributed by atoms with van der Waals surface area (Å²) in [6, 6.07) is 3.42. The van der Waals surface area contributed by atoms with Crippen molar-refractivity contribution in [1.82, 2.24) is 14.3 Å². The van der Waals surface area contributed by atoms with Crippen LogP contribution in [0.2, 0.25) is 0 Å². The Balaban J connectivity index is 1.69. The molecule has 1 aliphatic heterocycles. The molecule has 0 radical (unpaired) electrons. The number of rotatable bonds is 4. The highest BCUT2D eigenvalue weighted by molar-refractivity contribution is 7.12. The minimum Gasteiger partial charge on any atom is -0.369 e. The van der Waals surface area contributed by atoms with Crippen LogP contribution >= 0.6 is 11.5 Å². The van der Waals surface area contributed by atoms with Gasteiger partial charge >= 0.3 is 0 Å². The molecule has 1 aliphatic carbocycles. The molecule has 2 fully saturated rings. The van der Waals surface area contributed by atoms with Gasteiger partial charge in [-0.25, -0.2) is 4.39 Å². The van der Waals surface area contributed by atoms with Crippen molar-refractivity contribution >= 4 is 38.3 Å². The van der Waals surface area contributed by atoms with Gasteiger partial charge in [0, 0.05) is 30.1 Å². The number of hydrogen-bond acceptors (Lipinski definition) is 5. The van der Waals surface area contributed by atoms with Crippen LogP contribution in [0.5, 0.6) is 0 Å². The van der Waals surface area contributed by atoms with E-state index in [1.165, 1.54) is 17.6 Å². The molecule has 3 aromatic rings. The zero-order chi connectivity index (χ0) is 20.5. The summed E-state index contributed by atoms with van der Waals surface area (Å²) in [5, 5.41) is 3.81. The van der Waals surface area contributed by atoms with Crippen LogP contribution in [-0.4, -0.2) is 34.6 Å². The fourth-order valence-electron chi connectivity index (χ4n) is 4.55. The lowest BCUT2D eigenvalue weighted by molar-refractivity contribution is 0.290. The number of nitrogens with one attached hydrogen (secondary N) is 2. The predicted octanol–water partition coefficient (Wildman–Crippen LogP) is 3.20. The number of H-pyrrole nitrogens is 1. The van der Waals surface area contributed by atoms with Crippen molar-refractivity contribution < 1.29 is 4.39 Å². The number of anilines is 1. The van der Waals surface area contributed by atoms with Crippen LogP contribution in [0.15, 0.2) is 21.7 Å². The largest absolute Gasteiger partial charge is 0.369 e. The van der Waals surface area contributed by atoms with E-state index in [-0.39, 0.29) is 28.0 Å². The molecular formula is C21H25FN4O2S. The maximum atomic E-state index is 15.1. The summed E-state index contributed by atoms with van der Waals surface area (Å²) in [6.07, 6.45) is 3.00. The van der Waals surface area contributed by atoms with Crippen LogP contribution in [0.4, 0.5) is 10.1 Å². The van der Waals surface area contributed by atoms with Gasteiger partial charge < -0.3 is 14.8 Å². The molecule has 1 saturated carbocycles. The molecule has 0 amide bonds. The number of halogens is 1. The van der Waals surface area contributed by atoms with Gasteiger partial charge in [-0.2, -0.15) is 0 Å². The van der Waals surface area contributed by atoms with Crippen LogP contribution in [0.25, 0.3) is 21.1 Å². The Kier molecular flexibility index (Phi) is 4.15. The van der Waals surface area contributed by atoms with E-state index in [1.807, 2.05) is 13.1 Å². The molecule has 3 heterocycles. The van der Waals surface area contributed by atoms with E-state index in [4.69, 9.17) is 0 Å². The summed E-state index contributed by atoms with van der Waals surface area (Å²) in [7, 11) is 1.96. The third kappa shape index (κ3) is 2.84. The number of aromatic amines is 1. The molecule has 0 unspecified atom stereocenters. The Labute approximate surface area is 171 Å². The SMILES string of the molecule is CNC(C)(C)[C@@H]1CCN(c2cc3c(cc2F)c(=O)c2c(=O)[nH]sc2n3C2CC2)C1. The smallest absolute Gasteiger partial charge is 0.271 e. The minimum atomic E-state index is -0.397. The van der Waals surface area contributed by atoms with Crippen molar-refractivity contribution in [2.45, 2.75) is 44.7 Å². The molecule has 2 aliphatic rings. The van der Waals surface area contributed by atoms with Crippen molar-refractivity contribution in [2.75, 3.05) is 25.0 Å². The molecule has 154 valence electrons. The maximum Gasteiger partial charge on any atom is 0.271 e. The van der Waals surface area contributed by atoms with Gasteiger partial charge in [-0.1, -0.05) is 0 Å².